The number of pyridine rings is 1. The van der Waals surface area contributed by atoms with Gasteiger partial charge in [0.2, 0.25) is 5.91 Å². The van der Waals surface area contributed by atoms with Gasteiger partial charge < -0.3 is 14.8 Å². The maximum atomic E-state index is 13.5. The monoisotopic (exact) mass is 483 g/mol. The fourth-order valence-electron chi connectivity index (χ4n) is 4.42. The molecule has 34 heavy (non-hydrogen) atoms. The number of ether oxygens (including phenoxy) is 2. The largest absolute Gasteiger partial charge is 0.495 e. The lowest BCUT2D eigenvalue weighted by atomic mass is 9.65. The molecule has 1 amide bonds. The average Bonchev–Trinajstić information content (AvgIpc) is 3.09. The van der Waals surface area contributed by atoms with Gasteiger partial charge in [-0.1, -0.05) is 18.6 Å². The number of para-hydroxylation sites is 1. The van der Waals surface area contributed by atoms with Gasteiger partial charge in [-0.25, -0.2) is 12.8 Å². The molecule has 1 spiro atoms. The van der Waals surface area contributed by atoms with Gasteiger partial charge >= 0.3 is 0 Å². The molecule has 3 aromatic rings. The summed E-state index contributed by atoms with van der Waals surface area (Å²) in [5.74, 6) is -0.128. The Kier molecular flexibility index (Phi) is 5.40. The van der Waals surface area contributed by atoms with Crippen molar-refractivity contribution < 1.29 is 27.1 Å². The molecule has 1 aliphatic carbocycles. The first kappa shape index (κ1) is 22.1. The summed E-state index contributed by atoms with van der Waals surface area (Å²) in [6, 6.07) is 10.8. The fourth-order valence-corrected chi connectivity index (χ4v) is 5.64. The summed E-state index contributed by atoms with van der Waals surface area (Å²) in [6.45, 7) is -0.0111. The molecule has 1 aromatic heterocycles. The number of methoxy groups -OCH3 is 1. The molecule has 2 aliphatic rings. The lowest BCUT2D eigenvalue weighted by Gasteiger charge is -2.36. The van der Waals surface area contributed by atoms with Crippen molar-refractivity contribution in [3.05, 3.63) is 71.8 Å². The SMILES string of the molecule is COc1ccccc1S(=O)(=O)Nc1cc(OCc2cncc(F)c2)c2c(c1)C1(CCC1)C(=O)N2. The van der Waals surface area contributed by atoms with Gasteiger partial charge in [-0.3, -0.25) is 14.5 Å². The number of hydrogen-bond donors (Lipinski definition) is 2. The van der Waals surface area contributed by atoms with Crippen LogP contribution >= 0.6 is 0 Å². The summed E-state index contributed by atoms with van der Waals surface area (Å²) >= 11 is 0. The first-order valence-corrected chi connectivity index (χ1v) is 12.2. The van der Waals surface area contributed by atoms with Crippen LogP contribution in [0.1, 0.15) is 30.4 Å². The molecule has 1 saturated carbocycles. The number of benzene rings is 2. The van der Waals surface area contributed by atoms with Gasteiger partial charge in [0.05, 0.1) is 30.1 Å². The second-order valence-electron chi connectivity index (χ2n) is 8.34. The van der Waals surface area contributed by atoms with Gasteiger partial charge in [-0.15, -0.1) is 0 Å². The number of amides is 1. The highest BCUT2D eigenvalue weighted by atomic mass is 32.2. The number of anilines is 2. The Balaban J connectivity index is 1.53. The van der Waals surface area contributed by atoms with Crippen LogP contribution in [0.15, 0.2) is 59.8 Å². The third-order valence-electron chi connectivity index (χ3n) is 6.26. The normalized spacial score (nSPS) is 15.9. The van der Waals surface area contributed by atoms with Crippen molar-refractivity contribution in [1.29, 1.82) is 0 Å². The van der Waals surface area contributed by atoms with E-state index in [0.717, 1.165) is 12.6 Å². The highest BCUT2D eigenvalue weighted by Crippen LogP contribution is 2.54. The molecule has 0 unspecified atom stereocenters. The van der Waals surface area contributed by atoms with Crippen LogP contribution in [-0.4, -0.2) is 26.4 Å². The molecule has 1 aliphatic heterocycles. The third-order valence-corrected chi connectivity index (χ3v) is 7.69. The lowest BCUT2D eigenvalue weighted by Crippen LogP contribution is -2.40. The Bertz CT molecular complexity index is 1390. The van der Waals surface area contributed by atoms with E-state index < -0.39 is 21.3 Å². The summed E-state index contributed by atoms with van der Waals surface area (Å²) in [6.07, 6.45) is 4.80. The minimum atomic E-state index is -4.00. The highest BCUT2D eigenvalue weighted by molar-refractivity contribution is 7.92. The number of carbonyl (C=O) groups excluding carboxylic acids is 1. The molecule has 0 atom stereocenters. The Morgan fingerprint density at radius 2 is 1.94 bits per heavy atom. The lowest BCUT2D eigenvalue weighted by molar-refractivity contribution is -0.123. The van der Waals surface area contributed by atoms with E-state index in [-0.39, 0.29) is 34.6 Å². The Labute approximate surface area is 196 Å². The van der Waals surface area contributed by atoms with Crippen molar-refractivity contribution in [1.82, 2.24) is 4.98 Å². The van der Waals surface area contributed by atoms with E-state index in [9.17, 15) is 17.6 Å². The third kappa shape index (κ3) is 3.73. The van der Waals surface area contributed by atoms with Gasteiger partial charge in [0, 0.05) is 17.8 Å². The van der Waals surface area contributed by atoms with Crippen LogP contribution in [0.3, 0.4) is 0 Å². The summed E-state index contributed by atoms with van der Waals surface area (Å²) in [4.78, 5) is 16.6. The predicted molar refractivity (Wildman–Crippen MR) is 123 cm³/mol. The molecule has 2 heterocycles. The standard InChI is InChI=1S/C24H22FN3O5S/c1-32-19-5-2-3-6-21(19)34(30,31)28-17-10-18-22(27-23(29)24(18)7-4-8-24)20(11-17)33-14-15-9-16(25)13-26-12-15/h2-3,5-6,9-13,28H,4,7-8,14H2,1H3,(H,27,29). The van der Waals surface area contributed by atoms with E-state index in [0.29, 0.717) is 29.7 Å². The van der Waals surface area contributed by atoms with Crippen LogP contribution in [0.5, 0.6) is 11.5 Å². The fraction of sp³-hybridized carbons (Fsp3) is 0.250. The van der Waals surface area contributed by atoms with Gasteiger partial charge in [0.1, 0.15) is 28.8 Å². The molecular weight excluding hydrogens is 461 g/mol. The van der Waals surface area contributed by atoms with E-state index in [1.807, 2.05) is 0 Å². The smallest absolute Gasteiger partial charge is 0.265 e. The topological polar surface area (TPSA) is 107 Å². The molecule has 1 fully saturated rings. The summed E-state index contributed by atoms with van der Waals surface area (Å²) in [7, 11) is -2.60. The first-order chi connectivity index (χ1) is 16.3. The van der Waals surface area contributed by atoms with Crippen LogP contribution in [0.25, 0.3) is 0 Å². The van der Waals surface area contributed by atoms with E-state index >= 15 is 0 Å². The molecule has 2 N–H and O–H groups in total. The Morgan fingerprint density at radius 3 is 2.65 bits per heavy atom. The second-order valence-corrected chi connectivity index (χ2v) is 9.99. The first-order valence-electron chi connectivity index (χ1n) is 10.7. The number of rotatable bonds is 7. The van der Waals surface area contributed by atoms with Gasteiger partial charge in [-0.2, -0.15) is 0 Å². The Hall–Kier alpha value is -3.66. The minimum absolute atomic E-state index is 0.0111. The highest BCUT2D eigenvalue weighted by Gasteiger charge is 2.52. The maximum absolute atomic E-state index is 13.5. The van der Waals surface area contributed by atoms with Crippen molar-refractivity contribution in [3.63, 3.8) is 0 Å². The van der Waals surface area contributed by atoms with Crippen LogP contribution in [0, 0.1) is 5.82 Å². The number of sulfonamides is 1. The Morgan fingerprint density at radius 1 is 1.15 bits per heavy atom. The molecule has 2 aromatic carbocycles. The zero-order chi connectivity index (χ0) is 23.9. The van der Waals surface area contributed by atoms with Crippen LogP contribution in [0.2, 0.25) is 0 Å². The number of nitrogens with zero attached hydrogens (tertiary/aromatic N) is 1. The van der Waals surface area contributed by atoms with Crippen molar-refractivity contribution >= 4 is 27.3 Å². The van der Waals surface area contributed by atoms with Crippen LogP contribution in [-0.2, 0) is 26.8 Å². The average molecular weight is 484 g/mol. The summed E-state index contributed by atoms with van der Waals surface area (Å²) in [5.41, 5.74) is 1.25. The van der Waals surface area contributed by atoms with Crippen LogP contribution < -0.4 is 19.5 Å². The molecule has 10 heteroatoms. The van der Waals surface area contributed by atoms with E-state index in [2.05, 4.69) is 15.0 Å². The quantitative estimate of drug-likeness (QED) is 0.527. The number of carbonyl (C=O) groups is 1. The molecular formula is C24H22FN3O5S. The van der Waals surface area contributed by atoms with Gasteiger partial charge in [0.15, 0.2) is 0 Å². The molecule has 8 nitrogen and oxygen atoms in total. The van der Waals surface area contributed by atoms with Crippen molar-refractivity contribution in [2.45, 2.75) is 36.2 Å². The zero-order valence-corrected chi connectivity index (χ0v) is 19.1. The van der Waals surface area contributed by atoms with Gasteiger partial charge in [0.25, 0.3) is 10.0 Å². The van der Waals surface area contributed by atoms with E-state index in [4.69, 9.17) is 9.47 Å². The summed E-state index contributed by atoms with van der Waals surface area (Å²) < 4.78 is 53.6. The van der Waals surface area contributed by atoms with E-state index in [1.165, 1.54) is 31.5 Å². The van der Waals surface area contributed by atoms with Crippen molar-refractivity contribution in [3.8, 4) is 11.5 Å². The molecule has 5 rings (SSSR count). The van der Waals surface area contributed by atoms with Gasteiger partial charge in [-0.05, 0) is 42.7 Å². The number of halogens is 1. The predicted octanol–water partition coefficient (Wildman–Crippen LogP) is 3.98. The van der Waals surface area contributed by atoms with Crippen molar-refractivity contribution in [2.24, 2.45) is 0 Å². The maximum Gasteiger partial charge on any atom is 0.265 e. The molecule has 0 radical (unpaired) electrons. The summed E-state index contributed by atoms with van der Waals surface area (Å²) in [5, 5.41) is 2.90. The molecule has 176 valence electrons. The van der Waals surface area contributed by atoms with Crippen LogP contribution in [0.4, 0.5) is 15.8 Å². The molecule has 0 saturated heterocycles. The minimum Gasteiger partial charge on any atom is -0.495 e. The molecule has 0 bridgehead atoms. The van der Waals surface area contributed by atoms with E-state index in [1.54, 1.807) is 24.3 Å². The van der Waals surface area contributed by atoms with Crippen molar-refractivity contribution in [2.75, 3.05) is 17.1 Å². The number of nitrogens with one attached hydrogen (secondary N) is 2. The zero-order valence-electron chi connectivity index (χ0n) is 18.3. The number of aromatic nitrogens is 1. The number of hydrogen-bond acceptors (Lipinski definition) is 6. The second kappa shape index (κ2) is 8.28. The number of fused-ring (bicyclic) bond motifs is 2.